The zero-order chi connectivity index (χ0) is 77.7. The fourth-order valence-electron chi connectivity index (χ4n) is 13.6. The molecule has 7 N–H and O–H groups in total. The number of carbonyl (C=O) groups excluding carboxylic acids is 9. The standard InChI is InChI=1S/C85H114N8O12Si/c1-17-57(7)72-81(101)93(16)70(54-60-46-48-64(49-47-60)105-83(10,11)12)79(99)90-73(58(8)18-2)82(102)104-59(9)74(91-77(97)68(86-75(95)56(5)6)50-51-71(94)92-85(61-35-24-19-25-36-61,62-37-26-20-27-38-62)63-39-28-21-29-40-63)80(100)88-69(53-55(3)4)78(98)87-67(76(96)89-72)45-34-52-103-106(84(13,14)15,65-41-30-22-31-42-65)66-43-32-23-33-44-66/h19-33,35-44,46-49,55-59,67-70,72-74H,17-18,34,45,50-54H2,1-16H3,(H,86,95)(H,87,98)(H,88,100)(H,89,96)(H,90,99)(H,91,97)(H,92,94)/t57-,58-,59+,67-,68-,69-,70-,72-,73-,74-/m0/s1. The molecule has 0 aromatic heterocycles. The molecule has 1 fully saturated rings. The Hall–Kier alpha value is -9.47. The van der Waals surface area contributed by atoms with Gasteiger partial charge in [-0.1, -0.05) is 253 Å². The van der Waals surface area contributed by atoms with Crippen LogP contribution in [0.4, 0.5) is 0 Å². The van der Waals surface area contributed by atoms with Gasteiger partial charge in [0, 0.05) is 32.4 Å². The lowest BCUT2D eigenvalue weighted by molar-refractivity contribution is -0.158. The molecule has 1 saturated heterocycles. The van der Waals surface area contributed by atoms with Gasteiger partial charge in [0.1, 0.15) is 65.3 Å². The summed E-state index contributed by atoms with van der Waals surface area (Å²) in [6.45, 7) is 28.0. The average Bonchev–Trinajstić information content (AvgIpc) is 0.751. The molecule has 10 atom stereocenters. The number of amides is 8. The van der Waals surface area contributed by atoms with Crippen molar-refractivity contribution < 1.29 is 57.1 Å². The topological polar surface area (TPSA) is 269 Å². The number of hydrogen-bond acceptors (Lipinski definition) is 12. The van der Waals surface area contributed by atoms with Crippen LogP contribution in [0.5, 0.6) is 5.75 Å². The lowest BCUT2D eigenvalue weighted by atomic mass is 9.77. The fourth-order valence-corrected chi connectivity index (χ4v) is 18.2. The molecule has 0 bridgehead atoms. The van der Waals surface area contributed by atoms with Gasteiger partial charge in [-0.2, -0.15) is 0 Å². The summed E-state index contributed by atoms with van der Waals surface area (Å²) < 4.78 is 19.7. The molecular formula is C85H114N8O12Si. The molecule has 0 aliphatic carbocycles. The van der Waals surface area contributed by atoms with Gasteiger partial charge < -0.3 is 56.0 Å². The molecular weight excluding hydrogens is 1350 g/mol. The van der Waals surface area contributed by atoms with Crippen LogP contribution in [-0.2, 0) is 64.3 Å². The molecule has 1 aliphatic heterocycles. The number of ether oxygens (including phenoxy) is 2. The Bertz CT molecular complexity index is 3740. The van der Waals surface area contributed by atoms with Gasteiger partial charge in [0.2, 0.25) is 47.3 Å². The summed E-state index contributed by atoms with van der Waals surface area (Å²) in [6, 6.07) is 45.7. The molecule has 8 amide bonds. The van der Waals surface area contributed by atoms with E-state index < -0.39 is 144 Å². The molecule has 6 aromatic carbocycles. The molecule has 1 aliphatic rings. The fraction of sp³-hybridized carbons (Fsp3) is 0.471. The first-order chi connectivity index (χ1) is 50.2. The minimum Gasteiger partial charge on any atom is -0.488 e. The van der Waals surface area contributed by atoms with Crippen molar-refractivity contribution in [1.82, 2.24) is 42.1 Å². The highest BCUT2D eigenvalue weighted by molar-refractivity contribution is 6.99. The summed E-state index contributed by atoms with van der Waals surface area (Å²) in [7, 11) is -1.64. The lowest BCUT2D eigenvalue weighted by Gasteiger charge is -2.43. The van der Waals surface area contributed by atoms with Gasteiger partial charge in [-0.25, -0.2) is 4.79 Å². The van der Waals surface area contributed by atoms with Gasteiger partial charge in [-0.15, -0.1) is 0 Å². The molecule has 0 spiro atoms. The van der Waals surface area contributed by atoms with E-state index in [-0.39, 0.29) is 51.0 Å². The molecule has 1 heterocycles. The number of esters is 1. The lowest BCUT2D eigenvalue weighted by Crippen LogP contribution is -2.66. The molecule has 570 valence electrons. The van der Waals surface area contributed by atoms with Crippen LogP contribution in [0.15, 0.2) is 176 Å². The van der Waals surface area contributed by atoms with Crippen molar-refractivity contribution in [2.24, 2.45) is 23.7 Å². The first kappa shape index (κ1) is 83.8. The predicted octanol–water partition coefficient (Wildman–Crippen LogP) is 10.1. The second-order valence-corrected chi connectivity index (χ2v) is 35.3. The number of nitrogens with one attached hydrogen (secondary N) is 7. The minimum atomic E-state index is -3.12. The van der Waals surface area contributed by atoms with Crippen LogP contribution >= 0.6 is 0 Å². The smallest absolute Gasteiger partial charge is 0.329 e. The molecule has 6 aromatic rings. The highest BCUT2D eigenvalue weighted by Crippen LogP contribution is 2.39. The Morgan fingerprint density at radius 1 is 0.585 bits per heavy atom. The second kappa shape index (κ2) is 38.2. The van der Waals surface area contributed by atoms with Gasteiger partial charge in [-0.3, -0.25) is 38.4 Å². The van der Waals surface area contributed by atoms with Crippen LogP contribution in [0.1, 0.15) is 171 Å². The number of rotatable bonds is 27. The van der Waals surface area contributed by atoms with E-state index in [1.54, 1.807) is 45.0 Å². The Morgan fingerprint density at radius 2 is 1.06 bits per heavy atom. The summed E-state index contributed by atoms with van der Waals surface area (Å²) in [5.41, 5.74) is 1.13. The van der Waals surface area contributed by atoms with Crippen molar-refractivity contribution in [2.75, 3.05) is 13.7 Å². The first-order valence-electron chi connectivity index (χ1n) is 37.5. The second-order valence-electron chi connectivity index (χ2n) is 31.0. The summed E-state index contributed by atoms with van der Waals surface area (Å²) >= 11 is 0. The van der Waals surface area contributed by atoms with E-state index in [0.717, 1.165) is 27.1 Å². The number of carbonyl (C=O) groups is 9. The van der Waals surface area contributed by atoms with Gasteiger partial charge in [0.25, 0.3) is 8.32 Å². The average molecular weight is 1470 g/mol. The monoisotopic (exact) mass is 1470 g/mol. The van der Waals surface area contributed by atoms with Crippen LogP contribution in [0.3, 0.4) is 0 Å². The summed E-state index contributed by atoms with van der Waals surface area (Å²) in [6.07, 6.45) is -1.29. The first-order valence-corrected chi connectivity index (χ1v) is 39.5. The van der Waals surface area contributed by atoms with Crippen LogP contribution in [0.2, 0.25) is 5.04 Å². The number of likely N-dealkylation sites (N-methyl/N-ethyl adjacent to an activating group) is 1. The molecule has 0 radical (unpaired) electrons. The number of benzene rings is 6. The predicted molar refractivity (Wildman–Crippen MR) is 417 cm³/mol. The third-order valence-electron chi connectivity index (χ3n) is 19.9. The van der Waals surface area contributed by atoms with Crippen LogP contribution in [0.25, 0.3) is 0 Å². The van der Waals surface area contributed by atoms with Crippen molar-refractivity contribution in [3.63, 3.8) is 0 Å². The highest BCUT2D eigenvalue weighted by Gasteiger charge is 2.51. The van der Waals surface area contributed by atoms with Crippen molar-refractivity contribution >= 4 is 71.9 Å². The van der Waals surface area contributed by atoms with E-state index in [2.05, 4.69) is 82.3 Å². The molecule has 20 nitrogen and oxygen atoms in total. The van der Waals surface area contributed by atoms with Gasteiger partial charge >= 0.3 is 5.97 Å². The molecule has 0 saturated carbocycles. The SMILES string of the molecule is CC[C@H](C)[C@@H]1NC(=O)[C@H](Cc2ccc(OC(C)(C)C)cc2)N(C)C(=O)[C@H]([C@@H](C)CC)NC(=O)[C@H](CCCO[Si](c2ccccc2)(c2ccccc2)C(C)(C)C)NC(=O)[C@H](CC(C)C)NC(=O)[C@@H](NC(=O)[C@H](CCC(=O)NC(c2ccccc2)(c2ccccc2)c2ccccc2)NC(=O)C(C)C)[C@@H](C)OC1=O. The molecule has 21 heteroatoms. The normalized spacial score (nSPS) is 20.1. The highest BCUT2D eigenvalue weighted by atomic mass is 28.4. The Morgan fingerprint density at radius 3 is 1.53 bits per heavy atom. The number of hydrogen-bond donors (Lipinski definition) is 7. The van der Waals surface area contributed by atoms with Crippen LogP contribution < -0.4 is 52.3 Å². The quantitative estimate of drug-likeness (QED) is 0.0110. The van der Waals surface area contributed by atoms with E-state index in [9.17, 15) is 9.59 Å². The summed E-state index contributed by atoms with van der Waals surface area (Å²) in [4.78, 5) is 138. The third kappa shape index (κ3) is 21.9. The van der Waals surface area contributed by atoms with E-state index in [0.29, 0.717) is 24.2 Å². The molecule has 106 heavy (non-hydrogen) atoms. The Kier molecular flexibility index (Phi) is 30.2. The van der Waals surface area contributed by atoms with Crippen molar-refractivity contribution in [2.45, 2.75) is 220 Å². The van der Waals surface area contributed by atoms with Gasteiger partial charge in [0.05, 0.1) is 0 Å². The van der Waals surface area contributed by atoms with E-state index >= 15 is 33.6 Å². The minimum absolute atomic E-state index is 0.00491. The maximum Gasteiger partial charge on any atom is 0.329 e. The molecule has 0 unspecified atom stereocenters. The van der Waals surface area contributed by atoms with Crippen molar-refractivity contribution in [3.05, 3.63) is 198 Å². The zero-order valence-corrected chi connectivity index (χ0v) is 65.9. The van der Waals surface area contributed by atoms with Gasteiger partial charge in [0.15, 0.2) is 0 Å². The third-order valence-corrected chi connectivity index (χ3v) is 24.9. The van der Waals surface area contributed by atoms with Gasteiger partial charge in [-0.05, 0) is 121 Å². The van der Waals surface area contributed by atoms with Crippen LogP contribution in [0, 0.1) is 23.7 Å². The van der Waals surface area contributed by atoms with Crippen molar-refractivity contribution in [1.29, 1.82) is 0 Å². The molecule has 7 rings (SSSR count). The maximum absolute atomic E-state index is 15.6. The van der Waals surface area contributed by atoms with E-state index in [1.165, 1.54) is 18.9 Å². The summed E-state index contributed by atoms with van der Waals surface area (Å²) in [5, 5.41) is 22.4. The van der Waals surface area contributed by atoms with E-state index in [1.807, 2.05) is 183 Å². The zero-order valence-electron chi connectivity index (χ0n) is 64.9. The van der Waals surface area contributed by atoms with E-state index in [4.69, 9.17) is 13.9 Å². The largest absolute Gasteiger partial charge is 0.488 e. The summed E-state index contributed by atoms with van der Waals surface area (Å²) in [5.74, 6) is -8.27. The van der Waals surface area contributed by atoms with Crippen molar-refractivity contribution in [3.8, 4) is 5.75 Å². The van der Waals surface area contributed by atoms with Crippen LogP contribution in [-0.4, -0.2) is 134 Å². The Balaban J connectivity index is 1.31. The Labute approximate surface area is 629 Å². The number of cyclic esters (lactones) is 1. The number of nitrogens with zero attached hydrogens (tertiary/aromatic N) is 1. The maximum atomic E-state index is 15.6.